The Morgan fingerprint density at radius 2 is 1.67 bits per heavy atom. The second kappa shape index (κ2) is 15.6. The SMILES string of the molecule is CCCCCN(C(=O)C(Cc1ccc(O)cc1)NC(=O)OC(C)(C)C)C(C(=O)NC1CCCCC1)c1ccc(O)c(C)c1. The number of phenolic OH excluding ortho intramolecular Hbond substituents is 2. The van der Waals surface area contributed by atoms with Gasteiger partial charge >= 0.3 is 6.09 Å². The molecule has 1 aliphatic rings. The number of aryl methyl sites for hydroxylation is 1. The fraction of sp³-hybridized carbons (Fsp3) is 0.559. The Morgan fingerprint density at radius 3 is 2.28 bits per heavy atom. The monoisotopic (exact) mass is 595 g/mol. The molecule has 9 heteroatoms. The highest BCUT2D eigenvalue weighted by atomic mass is 16.6. The second-order valence-electron chi connectivity index (χ2n) is 12.6. The van der Waals surface area contributed by atoms with Crippen molar-refractivity contribution in [3.8, 4) is 11.5 Å². The normalized spacial score (nSPS) is 15.3. The molecule has 1 fully saturated rings. The summed E-state index contributed by atoms with van der Waals surface area (Å²) >= 11 is 0. The molecule has 0 spiro atoms. The van der Waals surface area contributed by atoms with Crippen LogP contribution in [0.4, 0.5) is 4.79 Å². The van der Waals surface area contributed by atoms with Crippen LogP contribution in [0.25, 0.3) is 0 Å². The van der Waals surface area contributed by atoms with Crippen molar-refractivity contribution in [1.82, 2.24) is 15.5 Å². The number of hydrogen-bond acceptors (Lipinski definition) is 6. The first-order chi connectivity index (χ1) is 20.4. The topological polar surface area (TPSA) is 128 Å². The van der Waals surface area contributed by atoms with Crippen molar-refractivity contribution in [1.29, 1.82) is 0 Å². The first-order valence-electron chi connectivity index (χ1n) is 15.6. The van der Waals surface area contributed by atoms with Gasteiger partial charge in [-0.1, -0.05) is 57.2 Å². The van der Waals surface area contributed by atoms with E-state index in [-0.39, 0.29) is 29.9 Å². The molecule has 2 atom stereocenters. The van der Waals surface area contributed by atoms with Crippen LogP contribution in [0.5, 0.6) is 11.5 Å². The van der Waals surface area contributed by atoms with Gasteiger partial charge in [0.15, 0.2) is 0 Å². The predicted octanol–water partition coefficient (Wildman–Crippen LogP) is 6.05. The lowest BCUT2D eigenvalue weighted by molar-refractivity contribution is -0.143. The fourth-order valence-electron chi connectivity index (χ4n) is 5.47. The molecule has 0 bridgehead atoms. The highest BCUT2D eigenvalue weighted by molar-refractivity contribution is 5.92. The molecule has 236 valence electrons. The molecule has 1 aliphatic carbocycles. The van der Waals surface area contributed by atoms with Gasteiger partial charge in [-0.05, 0) is 87.9 Å². The number of alkyl carbamates (subject to hydrolysis) is 1. The van der Waals surface area contributed by atoms with Crippen LogP contribution in [0.15, 0.2) is 42.5 Å². The molecule has 0 heterocycles. The molecule has 0 saturated heterocycles. The summed E-state index contributed by atoms with van der Waals surface area (Å²) < 4.78 is 5.51. The van der Waals surface area contributed by atoms with Gasteiger partial charge < -0.3 is 30.5 Å². The molecular formula is C34H49N3O6. The number of nitrogens with one attached hydrogen (secondary N) is 2. The average molecular weight is 596 g/mol. The summed E-state index contributed by atoms with van der Waals surface area (Å²) in [5, 5.41) is 26.0. The number of nitrogens with zero attached hydrogens (tertiary/aromatic N) is 1. The molecular weight excluding hydrogens is 546 g/mol. The van der Waals surface area contributed by atoms with Crippen molar-refractivity contribution in [3.05, 3.63) is 59.2 Å². The molecule has 4 N–H and O–H groups in total. The molecule has 3 rings (SSSR count). The van der Waals surface area contributed by atoms with E-state index in [1.165, 1.54) is 12.1 Å². The Hall–Kier alpha value is -3.75. The first kappa shape index (κ1) is 33.7. The van der Waals surface area contributed by atoms with Crippen molar-refractivity contribution < 1.29 is 29.3 Å². The van der Waals surface area contributed by atoms with Crippen LogP contribution in [-0.4, -0.2) is 57.3 Å². The number of amides is 3. The van der Waals surface area contributed by atoms with Crippen molar-refractivity contribution in [3.63, 3.8) is 0 Å². The Labute approximate surface area is 256 Å². The second-order valence-corrected chi connectivity index (χ2v) is 12.6. The summed E-state index contributed by atoms with van der Waals surface area (Å²) in [6, 6.07) is 9.47. The van der Waals surface area contributed by atoms with Crippen molar-refractivity contribution in [2.45, 2.75) is 116 Å². The minimum Gasteiger partial charge on any atom is -0.508 e. The lowest BCUT2D eigenvalue weighted by Gasteiger charge is -2.36. The number of hydrogen-bond donors (Lipinski definition) is 4. The number of carbonyl (C=O) groups is 3. The summed E-state index contributed by atoms with van der Waals surface area (Å²) in [4.78, 5) is 43.2. The van der Waals surface area contributed by atoms with Gasteiger partial charge in [0.25, 0.3) is 0 Å². The van der Waals surface area contributed by atoms with Gasteiger partial charge in [0, 0.05) is 19.0 Å². The minimum absolute atomic E-state index is 0.0298. The molecule has 3 amide bonds. The molecule has 1 saturated carbocycles. The van der Waals surface area contributed by atoms with E-state index in [0.717, 1.165) is 50.5 Å². The Balaban J connectivity index is 2.04. The third kappa shape index (κ3) is 10.5. The molecule has 9 nitrogen and oxygen atoms in total. The van der Waals surface area contributed by atoms with Crippen LogP contribution in [0.3, 0.4) is 0 Å². The lowest BCUT2D eigenvalue weighted by Crippen LogP contribution is -2.54. The summed E-state index contributed by atoms with van der Waals surface area (Å²) in [7, 11) is 0. The number of aromatic hydroxyl groups is 2. The van der Waals surface area contributed by atoms with Gasteiger partial charge in [-0.15, -0.1) is 0 Å². The molecule has 2 unspecified atom stereocenters. The maximum Gasteiger partial charge on any atom is 0.408 e. The predicted molar refractivity (Wildman–Crippen MR) is 167 cm³/mol. The Bertz CT molecular complexity index is 1220. The van der Waals surface area contributed by atoms with Crippen molar-refractivity contribution in [2.75, 3.05) is 6.54 Å². The quantitative estimate of drug-likeness (QED) is 0.221. The van der Waals surface area contributed by atoms with Crippen molar-refractivity contribution in [2.24, 2.45) is 0 Å². The Kier molecular flexibility index (Phi) is 12.3. The Morgan fingerprint density at radius 1 is 1.00 bits per heavy atom. The number of unbranched alkanes of at least 4 members (excludes halogenated alkanes) is 2. The van der Waals surface area contributed by atoms with Crippen LogP contribution in [0, 0.1) is 6.92 Å². The van der Waals surface area contributed by atoms with Gasteiger partial charge in [0.2, 0.25) is 11.8 Å². The summed E-state index contributed by atoms with van der Waals surface area (Å²) in [5.74, 6) is -0.488. The van der Waals surface area contributed by atoms with Gasteiger partial charge in [0.05, 0.1) is 0 Å². The highest BCUT2D eigenvalue weighted by Crippen LogP contribution is 2.29. The zero-order valence-electron chi connectivity index (χ0n) is 26.3. The van der Waals surface area contributed by atoms with E-state index >= 15 is 0 Å². The minimum atomic E-state index is -1.04. The molecule has 2 aromatic rings. The largest absolute Gasteiger partial charge is 0.508 e. The highest BCUT2D eigenvalue weighted by Gasteiger charge is 2.37. The molecule has 0 aliphatic heterocycles. The van der Waals surface area contributed by atoms with Crippen LogP contribution < -0.4 is 10.6 Å². The van der Waals surface area contributed by atoms with Gasteiger partial charge in [0.1, 0.15) is 29.2 Å². The number of rotatable bonds is 12. The smallest absolute Gasteiger partial charge is 0.408 e. The standard InChI is InChI=1S/C34H49N3O6/c1-6-7-11-20-37(30(25-16-19-29(39)23(2)21-25)31(40)35-26-12-9-8-10-13-26)32(41)28(36-33(42)43-34(3,4)5)22-24-14-17-27(38)18-15-24/h14-19,21,26,28,30,38-39H,6-13,20,22H2,1-5H3,(H,35,40)(H,36,42). The maximum atomic E-state index is 14.6. The lowest BCUT2D eigenvalue weighted by atomic mass is 9.94. The third-order valence-corrected chi connectivity index (χ3v) is 7.70. The number of benzene rings is 2. The van der Waals surface area contributed by atoms with E-state index in [1.54, 1.807) is 62.9 Å². The summed E-state index contributed by atoms with van der Waals surface area (Å²) in [6.07, 6.45) is 6.86. The van der Waals surface area contributed by atoms with Crippen LogP contribution in [0.2, 0.25) is 0 Å². The van der Waals surface area contributed by atoms with E-state index in [2.05, 4.69) is 17.6 Å². The number of ether oxygens (including phenoxy) is 1. The number of carbonyl (C=O) groups excluding carboxylic acids is 3. The van der Waals surface area contributed by atoms with Gasteiger partial charge in [-0.3, -0.25) is 9.59 Å². The fourth-order valence-corrected chi connectivity index (χ4v) is 5.47. The van der Waals surface area contributed by atoms with Crippen LogP contribution >= 0.6 is 0 Å². The number of phenols is 2. The molecule has 0 aromatic heterocycles. The van der Waals surface area contributed by atoms with Crippen LogP contribution in [-0.2, 0) is 20.7 Å². The summed E-state index contributed by atoms with van der Waals surface area (Å²) in [5.41, 5.74) is 1.14. The summed E-state index contributed by atoms with van der Waals surface area (Å²) in [6.45, 7) is 9.38. The zero-order chi connectivity index (χ0) is 31.6. The van der Waals surface area contributed by atoms with E-state index < -0.39 is 29.7 Å². The molecule has 43 heavy (non-hydrogen) atoms. The maximum absolute atomic E-state index is 14.6. The van der Waals surface area contributed by atoms with Crippen molar-refractivity contribution >= 4 is 17.9 Å². The van der Waals surface area contributed by atoms with Gasteiger partial charge in [-0.25, -0.2) is 4.79 Å². The van der Waals surface area contributed by atoms with E-state index in [4.69, 9.17) is 4.74 Å². The van der Waals surface area contributed by atoms with E-state index in [1.807, 2.05) is 0 Å². The zero-order valence-corrected chi connectivity index (χ0v) is 26.3. The van der Waals surface area contributed by atoms with E-state index in [9.17, 15) is 24.6 Å². The molecule has 0 radical (unpaired) electrons. The van der Waals surface area contributed by atoms with Crippen LogP contribution in [0.1, 0.15) is 102 Å². The van der Waals surface area contributed by atoms with E-state index in [0.29, 0.717) is 24.1 Å². The average Bonchev–Trinajstić information content (AvgIpc) is 2.94. The first-order valence-corrected chi connectivity index (χ1v) is 15.6. The molecule has 2 aromatic carbocycles. The third-order valence-electron chi connectivity index (χ3n) is 7.70. The van der Waals surface area contributed by atoms with Gasteiger partial charge in [-0.2, -0.15) is 0 Å².